The van der Waals surface area contributed by atoms with E-state index >= 15 is 0 Å². The summed E-state index contributed by atoms with van der Waals surface area (Å²) >= 11 is 5.90. The number of pyridine rings is 1. The molecule has 0 aliphatic carbocycles. The van der Waals surface area contributed by atoms with Crippen LogP contribution in [0.3, 0.4) is 0 Å². The molecule has 1 saturated heterocycles. The van der Waals surface area contributed by atoms with Crippen molar-refractivity contribution in [3.05, 3.63) is 76.8 Å². The summed E-state index contributed by atoms with van der Waals surface area (Å²) in [6, 6.07) is 9.43. The highest BCUT2D eigenvalue weighted by atomic mass is 35.5. The zero-order valence-electron chi connectivity index (χ0n) is 20.7. The second-order valence-corrected chi connectivity index (χ2v) is 9.82. The van der Waals surface area contributed by atoms with Crippen LogP contribution in [0.5, 0.6) is 0 Å². The fourth-order valence-corrected chi connectivity index (χ4v) is 4.76. The van der Waals surface area contributed by atoms with Gasteiger partial charge < -0.3 is 15.5 Å². The van der Waals surface area contributed by atoms with E-state index in [9.17, 15) is 13.6 Å². The molecule has 1 aliphatic heterocycles. The Morgan fingerprint density at radius 1 is 1.21 bits per heavy atom. The number of halogens is 3. The van der Waals surface area contributed by atoms with Gasteiger partial charge in [-0.15, -0.1) is 0 Å². The van der Waals surface area contributed by atoms with Crippen molar-refractivity contribution >= 4 is 48.1 Å². The minimum Gasteiger partial charge on any atom is -0.366 e. The second-order valence-electron chi connectivity index (χ2n) is 9.39. The van der Waals surface area contributed by atoms with E-state index in [1.54, 1.807) is 28.0 Å². The van der Waals surface area contributed by atoms with Crippen molar-refractivity contribution in [2.45, 2.75) is 38.2 Å². The molecule has 194 valence electrons. The van der Waals surface area contributed by atoms with Crippen LogP contribution in [0.2, 0.25) is 5.02 Å². The molecule has 0 unspecified atom stereocenters. The molecule has 1 aliphatic rings. The summed E-state index contributed by atoms with van der Waals surface area (Å²) < 4.78 is 29.8. The highest BCUT2D eigenvalue weighted by Gasteiger charge is 2.30. The predicted molar refractivity (Wildman–Crippen MR) is 144 cm³/mol. The Kier molecular flexibility index (Phi) is 7.20. The minimum atomic E-state index is -3.15. The number of likely N-dealkylation sites (tertiary alicyclic amines) is 1. The average Bonchev–Trinajstić information content (AvgIpc) is 3.29. The quantitative estimate of drug-likeness (QED) is 0.349. The third-order valence-electron chi connectivity index (χ3n) is 6.61. The first-order valence-corrected chi connectivity index (χ1v) is 12.6. The van der Waals surface area contributed by atoms with E-state index in [1.807, 2.05) is 18.2 Å². The van der Waals surface area contributed by atoms with Crippen molar-refractivity contribution in [2.75, 3.05) is 23.7 Å². The third kappa shape index (κ3) is 5.57. The number of fused-ring (bicyclic) bond motifs is 1. The van der Waals surface area contributed by atoms with Crippen molar-refractivity contribution in [2.24, 2.45) is 0 Å². The van der Waals surface area contributed by atoms with Gasteiger partial charge in [0.25, 0.3) is 5.92 Å². The molecule has 4 aromatic rings. The van der Waals surface area contributed by atoms with Crippen LogP contribution in [-0.2, 0) is 12.5 Å². The molecule has 12 heteroatoms. The summed E-state index contributed by atoms with van der Waals surface area (Å²) in [5.41, 5.74) is 2.62. The number of alkyl halides is 2. The van der Waals surface area contributed by atoms with E-state index in [1.165, 1.54) is 18.2 Å². The highest BCUT2D eigenvalue weighted by Crippen LogP contribution is 2.35. The molecule has 0 bridgehead atoms. The fraction of sp³-hybridized carbons (Fsp3) is 0.308. The van der Waals surface area contributed by atoms with Gasteiger partial charge in [-0.3, -0.25) is 4.98 Å². The SMILES string of the molecule is [B]c1cnn2c(NCc3cccnc3)cc(C3CCN(C(=O)Nc4ccc(Cl)cc4C(C)(F)F)CC3)nc12. The summed E-state index contributed by atoms with van der Waals surface area (Å²) in [6.45, 7) is 2.22. The normalized spacial score (nSPS) is 14.6. The molecule has 0 atom stereocenters. The van der Waals surface area contributed by atoms with Gasteiger partial charge in [-0.2, -0.15) is 9.61 Å². The van der Waals surface area contributed by atoms with Crippen molar-refractivity contribution in [1.82, 2.24) is 24.5 Å². The van der Waals surface area contributed by atoms with E-state index in [2.05, 4.69) is 20.7 Å². The first-order chi connectivity index (χ1) is 18.2. The fourth-order valence-electron chi connectivity index (χ4n) is 4.59. The van der Waals surface area contributed by atoms with Crippen LogP contribution in [0.4, 0.5) is 25.1 Å². The summed E-state index contributed by atoms with van der Waals surface area (Å²) in [6.07, 6.45) is 6.40. The Bertz CT molecular complexity index is 1450. The molecule has 4 heterocycles. The third-order valence-corrected chi connectivity index (χ3v) is 6.85. The lowest BCUT2D eigenvalue weighted by Gasteiger charge is -2.32. The van der Waals surface area contributed by atoms with E-state index in [4.69, 9.17) is 24.4 Å². The smallest absolute Gasteiger partial charge is 0.321 e. The average molecular weight is 536 g/mol. The summed E-state index contributed by atoms with van der Waals surface area (Å²) in [5, 5.41) is 10.5. The van der Waals surface area contributed by atoms with E-state index in [0.717, 1.165) is 24.0 Å². The van der Waals surface area contributed by atoms with Gasteiger partial charge in [-0.05, 0) is 48.1 Å². The topological polar surface area (TPSA) is 87.5 Å². The number of anilines is 2. The molecule has 8 nitrogen and oxygen atoms in total. The number of carbonyl (C=O) groups is 1. The predicted octanol–water partition coefficient (Wildman–Crippen LogP) is 4.71. The lowest BCUT2D eigenvalue weighted by atomic mass is 9.93. The Morgan fingerprint density at radius 3 is 2.71 bits per heavy atom. The lowest BCUT2D eigenvalue weighted by Crippen LogP contribution is -2.41. The van der Waals surface area contributed by atoms with Crippen molar-refractivity contribution < 1.29 is 13.6 Å². The molecule has 0 saturated carbocycles. The number of urea groups is 1. The van der Waals surface area contributed by atoms with Crippen LogP contribution in [0.1, 0.15) is 42.5 Å². The molecule has 3 aromatic heterocycles. The number of rotatable bonds is 6. The molecule has 1 fully saturated rings. The first-order valence-electron chi connectivity index (χ1n) is 12.2. The number of carbonyl (C=O) groups excluding carboxylic acids is 1. The zero-order valence-corrected chi connectivity index (χ0v) is 21.4. The molecule has 2 radical (unpaired) electrons. The van der Waals surface area contributed by atoms with Crippen LogP contribution in [0.15, 0.2) is 55.0 Å². The second kappa shape index (κ2) is 10.6. The van der Waals surface area contributed by atoms with Crippen molar-refractivity contribution in [3.8, 4) is 0 Å². The number of hydrogen-bond acceptors (Lipinski definition) is 5. The van der Waals surface area contributed by atoms with Gasteiger partial charge in [0.2, 0.25) is 0 Å². The van der Waals surface area contributed by atoms with E-state index in [0.29, 0.717) is 43.6 Å². The Morgan fingerprint density at radius 2 is 2.00 bits per heavy atom. The number of nitrogens with zero attached hydrogens (tertiary/aromatic N) is 5. The van der Waals surface area contributed by atoms with Gasteiger partial charge in [-0.1, -0.05) is 17.7 Å². The molecule has 5 rings (SSSR count). The molecule has 38 heavy (non-hydrogen) atoms. The number of nitrogens with one attached hydrogen (secondary N) is 2. The number of benzene rings is 1. The minimum absolute atomic E-state index is 0.0432. The molecular weight excluding hydrogens is 511 g/mol. The number of piperidine rings is 1. The number of aromatic nitrogens is 4. The van der Waals surface area contributed by atoms with Gasteiger partial charge in [0.05, 0.1) is 5.69 Å². The van der Waals surface area contributed by atoms with Crippen LogP contribution < -0.4 is 16.1 Å². The van der Waals surface area contributed by atoms with Gasteiger partial charge in [0.15, 0.2) is 0 Å². The first kappa shape index (κ1) is 25.9. The standard InChI is InChI=1S/C26H25BClF2N7O/c1-26(29,30)19-11-18(28)4-5-21(19)35-25(38)36-9-6-17(7-10-36)22-12-23(32-14-16-3-2-8-31-13-16)37-24(34-22)20(27)15-33-37/h2-5,8,11-13,15,17,32H,6-7,9-10,14H2,1H3,(H,35,38). The number of amides is 2. The van der Waals surface area contributed by atoms with Crippen LogP contribution >= 0.6 is 11.6 Å². The largest absolute Gasteiger partial charge is 0.366 e. The number of hydrogen-bond donors (Lipinski definition) is 2. The Hall–Kier alpha value is -3.73. The van der Waals surface area contributed by atoms with Gasteiger partial charge in [0.1, 0.15) is 19.3 Å². The van der Waals surface area contributed by atoms with Crippen molar-refractivity contribution in [1.29, 1.82) is 0 Å². The monoisotopic (exact) mass is 535 g/mol. The van der Waals surface area contributed by atoms with Crippen LogP contribution in [0.25, 0.3) is 5.65 Å². The van der Waals surface area contributed by atoms with Gasteiger partial charge in [-0.25, -0.2) is 18.6 Å². The maximum atomic E-state index is 14.1. The Labute approximate surface area is 224 Å². The van der Waals surface area contributed by atoms with Crippen LogP contribution in [0, 0.1) is 0 Å². The maximum absolute atomic E-state index is 14.1. The lowest BCUT2D eigenvalue weighted by molar-refractivity contribution is 0.0182. The maximum Gasteiger partial charge on any atom is 0.321 e. The summed E-state index contributed by atoms with van der Waals surface area (Å²) in [7, 11) is 6.13. The summed E-state index contributed by atoms with van der Waals surface area (Å²) in [5.74, 6) is -2.31. The molecule has 1 aromatic carbocycles. The van der Waals surface area contributed by atoms with Crippen LogP contribution in [-0.4, -0.2) is 51.4 Å². The van der Waals surface area contributed by atoms with Gasteiger partial charge in [0, 0.05) is 73.4 Å². The van der Waals surface area contributed by atoms with Crippen molar-refractivity contribution in [3.63, 3.8) is 0 Å². The summed E-state index contributed by atoms with van der Waals surface area (Å²) in [4.78, 5) is 23.4. The van der Waals surface area contributed by atoms with E-state index in [-0.39, 0.29) is 22.2 Å². The highest BCUT2D eigenvalue weighted by molar-refractivity contribution is 6.36. The molecular formula is C26H25BClF2N7O. The molecule has 2 amide bonds. The van der Waals surface area contributed by atoms with Gasteiger partial charge >= 0.3 is 6.03 Å². The zero-order chi connectivity index (χ0) is 26.9. The molecule has 0 spiro atoms. The molecule has 2 N–H and O–H groups in total. The Balaban J connectivity index is 1.29. The van der Waals surface area contributed by atoms with E-state index < -0.39 is 12.0 Å².